The first-order valence-electron chi connectivity index (χ1n) is 7.32. The second-order valence-corrected chi connectivity index (χ2v) is 8.30. The molecule has 0 spiro atoms. The average molecular weight is 325 g/mol. The number of Topliss-reactive ketones (excluding diaryl/α,β-unsaturated/α-hetero) is 1. The maximum absolute atomic E-state index is 12.0. The quantitative estimate of drug-likeness (QED) is 0.865. The molecule has 2 N–H and O–H groups in total. The Labute approximate surface area is 131 Å². The monoisotopic (exact) mass is 325 g/mol. The molecule has 1 aromatic rings. The summed E-state index contributed by atoms with van der Waals surface area (Å²) in [5.41, 5.74) is 0.613. The Kier molecular flexibility index (Phi) is 4.63. The van der Waals surface area contributed by atoms with Crippen molar-refractivity contribution < 1.29 is 17.9 Å². The van der Waals surface area contributed by atoms with Gasteiger partial charge in [0.25, 0.3) is 0 Å². The third-order valence-electron chi connectivity index (χ3n) is 4.88. The zero-order valence-corrected chi connectivity index (χ0v) is 14.0. The smallest absolute Gasteiger partial charge is 0.212 e. The predicted octanol–water partition coefficient (Wildman–Crippen LogP) is 1.90. The molecular weight excluding hydrogens is 302 g/mol. The summed E-state index contributed by atoms with van der Waals surface area (Å²) in [5.74, 6) is 0.731. The number of hydrogen-bond acceptors (Lipinski definition) is 4. The average Bonchev–Trinajstić information content (AvgIpc) is 2.42. The van der Waals surface area contributed by atoms with Crippen LogP contribution in [0.4, 0.5) is 0 Å². The van der Waals surface area contributed by atoms with Crippen molar-refractivity contribution in [1.82, 2.24) is 0 Å². The lowest BCUT2D eigenvalue weighted by atomic mass is 9.61. The fraction of sp³-hybridized carbons (Fsp3) is 0.562. The summed E-state index contributed by atoms with van der Waals surface area (Å²) in [6, 6.07) is 7.29. The molecule has 0 amide bonds. The van der Waals surface area contributed by atoms with Gasteiger partial charge in [0.1, 0.15) is 11.5 Å². The van der Waals surface area contributed by atoms with Gasteiger partial charge in [-0.1, -0.05) is 26.0 Å². The highest BCUT2D eigenvalue weighted by Crippen LogP contribution is 2.47. The fourth-order valence-corrected chi connectivity index (χ4v) is 4.51. The number of hydrogen-bond donors (Lipinski definition) is 1. The summed E-state index contributed by atoms with van der Waals surface area (Å²) >= 11 is 0. The van der Waals surface area contributed by atoms with E-state index in [2.05, 4.69) is 0 Å². The number of primary sulfonamides is 1. The van der Waals surface area contributed by atoms with Crippen LogP contribution in [0.15, 0.2) is 24.3 Å². The van der Waals surface area contributed by atoms with E-state index >= 15 is 0 Å². The van der Waals surface area contributed by atoms with E-state index in [-0.39, 0.29) is 17.1 Å². The zero-order valence-electron chi connectivity index (χ0n) is 13.2. The molecule has 122 valence electrons. The zero-order chi connectivity index (χ0) is 16.5. The van der Waals surface area contributed by atoms with E-state index in [4.69, 9.17) is 9.88 Å². The highest BCUT2D eigenvalue weighted by molar-refractivity contribution is 7.89. The molecule has 2 rings (SSSR count). The van der Waals surface area contributed by atoms with Crippen LogP contribution < -0.4 is 9.88 Å². The molecule has 2 atom stereocenters. The number of sulfonamides is 1. The number of carbonyl (C=O) groups is 1. The molecule has 0 saturated heterocycles. The predicted molar refractivity (Wildman–Crippen MR) is 85.1 cm³/mol. The molecule has 2 unspecified atom stereocenters. The normalized spacial score (nSPS) is 20.1. The van der Waals surface area contributed by atoms with Gasteiger partial charge < -0.3 is 4.74 Å². The largest absolute Gasteiger partial charge is 0.497 e. The summed E-state index contributed by atoms with van der Waals surface area (Å²) in [6.45, 7) is 3.84. The van der Waals surface area contributed by atoms with Gasteiger partial charge in [-0.05, 0) is 35.4 Å². The third-order valence-corrected chi connectivity index (χ3v) is 6.30. The number of ether oxygens (including phenoxy) is 1. The van der Waals surface area contributed by atoms with Crippen LogP contribution in [0.1, 0.15) is 32.3 Å². The number of ketones is 1. The minimum Gasteiger partial charge on any atom is -0.497 e. The molecule has 6 heteroatoms. The van der Waals surface area contributed by atoms with Gasteiger partial charge in [0.2, 0.25) is 10.0 Å². The Balaban J connectivity index is 2.21. The highest BCUT2D eigenvalue weighted by Gasteiger charge is 2.48. The Bertz CT molecular complexity index is 643. The summed E-state index contributed by atoms with van der Waals surface area (Å²) < 4.78 is 29.2. The van der Waals surface area contributed by atoms with Crippen LogP contribution in [-0.2, 0) is 21.2 Å². The molecule has 1 aliphatic rings. The van der Waals surface area contributed by atoms with Crippen molar-refractivity contribution in [1.29, 1.82) is 0 Å². The number of carbonyl (C=O) groups excluding carboxylic acids is 1. The molecule has 0 aromatic heterocycles. The highest BCUT2D eigenvalue weighted by atomic mass is 32.2. The maximum atomic E-state index is 12.0. The van der Waals surface area contributed by atoms with Crippen molar-refractivity contribution in [2.24, 2.45) is 16.5 Å². The molecule has 1 fully saturated rings. The molecule has 5 nitrogen and oxygen atoms in total. The van der Waals surface area contributed by atoms with Gasteiger partial charge in [-0.3, -0.25) is 4.79 Å². The molecule has 0 bridgehead atoms. The van der Waals surface area contributed by atoms with Gasteiger partial charge >= 0.3 is 0 Å². The van der Waals surface area contributed by atoms with Gasteiger partial charge in [0, 0.05) is 12.8 Å². The number of benzene rings is 1. The van der Waals surface area contributed by atoms with Crippen molar-refractivity contribution in [2.75, 3.05) is 7.11 Å². The molecule has 22 heavy (non-hydrogen) atoms. The SMILES string of the molecule is COc1ccc(CC(C(C)C2(C)CC(=O)C2)S(N)(=O)=O)cc1. The van der Waals surface area contributed by atoms with Crippen molar-refractivity contribution in [3.8, 4) is 5.75 Å². The van der Waals surface area contributed by atoms with E-state index in [1.807, 2.05) is 26.0 Å². The van der Waals surface area contributed by atoms with Crippen LogP contribution in [0.5, 0.6) is 5.75 Å². The van der Waals surface area contributed by atoms with Gasteiger partial charge in [0.15, 0.2) is 0 Å². The number of nitrogens with two attached hydrogens (primary N) is 1. The molecular formula is C16H23NO4S. The second-order valence-electron chi connectivity index (χ2n) is 6.51. The van der Waals surface area contributed by atoms with E-state index in [0.29, 0.717) is 19.3 Å². The van der Waals surface area contributed by atoms with Crippen molar-refractivity contribution in [3.63, 3.8) is 0 Å². The Morgan fingerprint density at radius 3 is 2.23 bits per heavy atom. The maximum Gasteiger partial charge on any atom is 0.212 e. The van der Waals surface area contributed by atoms with E-state index in [1.165, 1.54) is 0 Å². The lowest BCUT2D eigenvalue weighted by molar-refractivity contribution is -0.134. The Morgan fingerprint density at radius 1 is 1.27 bits per heavy atom. The minimum absolute atomic E-state index is 0.178. The van der Waals surface area contributed by atoms with E-state index in [9.17, 15) is 13.2 Å². The van der Waals surface area contributed by atoms with Crippen molar-refractivity contribution >= 4 is 15.8 Å². The van der Waals surface area contributed by atoms with Gasteiger partial charge in [-0.15, -0.1) is 0 Å². The Morgan fingerprint density at radius 2 is 1.82 bits per heavy atom. The first kappa shape index (κ1) is 17.0. The van der Waals surface area contributed by atoms with Gasteiger partial charge in [-0.25, -0.2) is 13.6 Å². The van der Waals surface area contributed by atoms with Crippen LogP contribution in [0.2, 0.25) is 0 Å². The van der Waals surface area contributed by atoms with E-state index in [1.54, 1.807) is 19.2 Å². The van der Waals surface area contributed by atoms with Crippen molar-refractivity contribution in [3.05, 3.63) is 29.8 Å². The topological polar surface area (TPSA) is 86.5 Å². The molecule has 1 aromatic carbocycles. The lowest BCUT2D eigenvalue weighted by Gasteiger charge is -2.44. The number of rotatable bonds is 6. The van der Waals surface area contributed by atoms with Crippen LogP contribution in [-0.4, -0.2) is 26.6 Å². The molecule has 1 aliphatic carbocycles. The first-order valence-corrected chi connectivity index (χ1v) is 8.93. The second kappa shape index (κ2) is 6.01. The first-order chi connectivity index (χ1) is 10.2. The van der Waals surface area contributed by atoms with Crippen LogP contribution in [0, 0.1) is 11.3 Å². The summed E-state index contributed by atoms with van der Waals surface area (Å²) in [5, 5.41) is 4.76. The van der Waals surface area contributed by atoms with Crippen LogP contribution in [0.3, 0.4) is 0 Å². The molecule has 1 saturated carbocycles. The number of methoxy groups -OCH3 is 1. The van der Waals surface area contributed by atoms with E-state index in [0.717, 1.165) is 11.3 Å². The molecule has 0 heterocycles. The summed E-state index contributed by atoms with van der Waals surface area (Å²) in [7, 11) is -2.12. The third kappa shape index (κ3) is 3.50. The standard InChI is InChI=1S/C16H23NO4S/c1-11(16(2)9-13(18)10-16)15(22(17,19)20)8-12-4-6-14(21-3)7-5-12/h4-7,11,15H,8-10H2,1-3H3,(H2,17,19,20). The fourth-order valence-electron chi connectivity index (χ4n) is 3.19. The van der Waals surface area contributed by atoms with Crippen molar-refractivity contribution in [2.45, 2.75) is 38.4 Å². The Hall–Kier alpha value is -1.40. The van der Waals surface area contributed by atoms with Crippen LogP contribution in [0.25, 0.3) is 0 Å². The summed E-state index contributed by atoms with van der Waals surface area (Å²) in [4.78, 5) is 11.3. The molecule has 0 aliphatic heterocycles. The molecule has 0 radical (unpaired) electrons. The van der Waals surface area contributed by atoms with Crippen LogP contribution >= 0.6 is 0 Å². The van der Waals surface area contributed by atoms with Gasteiger partial charge in [0.05, 0.1) is 12.4 Å². The van der Waals surface area contributed by atoms with Gasteiger partial charge in [-0.2, -0.15) is 0 Å². The summed E-state index contributed by atoms with van der Waals surface area (Å²) in [6.07, 6.45) is 1.21. The minimum atomic E-state index is -3.70. The lowest BCUT2D eigenvalue weighted by Crippen LogP contribution is -2.49. The van der Waals surface area contributed by atoms with E-state index < -0.39 is 15.3 Å².